The Balaban J connectivity index is 2.38. The Bertz CT molecular complexity index is 411. The van der Waals surface area contributed by atoms with Gasteiger partial charge in [0.2, 0.25) is 0 Å². The van der Waals surface area contributed by atoms with Gasteiger partial charge in [-0.15, -0.1) is 0 Å². The van der Waals surface area contributed by atoms with Crippen molar-refractivity contribution in [3.63, 3.8) is 0 Å². The van der Waals surface area contributed by atoms with Crippen molar-refractivity contribution < 1.29 is 14.2 Å². The van der Waals surface area contributed by atoms with E-state index in [4.69, 9.17) is 4.74 Å². The van der Waals surface area contributed by atoms with Crippen molar-refractivity contribution in [3.05, 3.63) is 29.6 Å². The minimum absolute atomic E-state index is 0.0891. The van der Waals surface area contributed by atoms with Crippen LogP contribution in [0, 0.1) is 12.7 Å². The zero-order valence-electron chi connectivity index (χ0n) is 12.7. The molecular weight excluding hydrogens is 257 g/mol. The maximum absolute atomic E-state index is 13.5. The second-order valence-corrected chi connectivity index (χ2v) is 5.53. The van der Waals surface area contributed by atoms with E-state index in [1.54, 1.807) is 12.1 Å². The van der Waals surface area contributed by atoms with Crippen molar-refractivity contribution >= 4 is 0 Å². The number of aliphatic hydroxyl groups is 1. The van der Waals surface area contributed by atoms with E-state index in [9.17, 15) is 9.50 Å². The number of aliphatic hydroxyl groups excluding tert-OH is 1. The van der Waals surface area contributed by atoms with Gasteiger partial charge in [0.15, 0.2) is 11.6 Å². The van der Waals surface area contributed by atoms with E-state index < -0.39 is 0 Å². The lowest BCUT2D eigenvalue weighted by molar-refractivity contribution is 0.155. The normalized spacial score (nSPS) is 14.1. The van der Waals surface area contributed by atoms with Gasteiger partial charge in [0.05, 0.1) is 13.2 Å². The van der Waals surface area contributed by atoms with Gasteiger partial charge >= 0.3 is 0 Å². The zero-order chi connectivity index (χ0) is 15.0. The molecular formula is C16H26FNO2. The number of hydrogen-bond donors (Lipinski definition) is 2. The van der Waals surface area contributed by atoms with Gasteiger partial charge in [0.25, 0.3) is 0 Å². The Kier molecular flexibility index (Phi) is 6.96. The summed E-state index contributed by atoms with van der Waals surface area (Å²) in [6.07, 6.45) is 2.58. The molecule has 0 radical (unpaired) electrons. The van der Waals surface area contributed by atoms with Crippen molar-refractivity contribution in [1.82, 2.24) is 5.32 Å². The molecule has 0 aliphatic rings. The molecule has 20 heavy (non-hydrogen) atoms. The van der Waals surface area contributed by atoms with Gasteiger partial charge in [-0.25, -0.2) is 4.39 Å². The molecule has 0 saturated heterocycles. The molecule has 2 N–H and O–H groups in total. The van der Waals surface area contributed by atoms with Crippen LogP contribution in [-0.4, -0.2) is 30.4 Å². The predicted octanol–water partition coefficient (Wildman–Crippen LogP) is 3.04. The van der Waals surface area contributed by atoms with Crippen molar-refractivity contribution in [2.75, 3.05) is 19.8 Å². The Morgan fingerprint density at radius 3 is 2.80 bits per heavy atom. The van der Waals surface area contributed by atoms with Crippen molar-refractivity contribution in [1.29, 1.82) is 0 Å². The summed E-state index contributed by atoms with van der Waals surface area (Å²) in [6, 6.07) is 4.85. The van der Waals surface area contributed by atoms with Gasteiger partial charge in [0, 0.05) is 5.54 Å². The fraction of sp³-hybridized carbons (Fsp3) is 0.625. The summed E-state index contributed by atoms with van der Waals surface area (Å²) in [5.41, 5.74) is 0.691. The maximum atomic E-state index is 13.5. The summed E-state index contributed by atoms with van der Waals surface area (Å²) in [4.78, 5) is 0. The van der Waals surface area contributed by atoms with Crippen LogP contribution in [0.15, 0.2) is 18.2 Å². The summed E-state index contributed by atoms with van der Waals surface area (Å²) >= 11 is 0. The molecule has 114 valence electrons. The fourth-order valence-corrected chi connectivity index (χ4v) is 2.02. The first kappa shape index (κ1) is 16.9. The zero-order valence-corrected chi connectivity index (χ0v) is 12.7. The average molecular weight is 283 g/mol. The molecule has 0 saturated carbocycles. The lowest BCUT2D eigenvalue weighted by Crippen LogP contribution is -2.46. The van der Waals surface area contributed by atoms with Gasteiger partial charge in [-0.05, 0) is 57.4 Å². The fourth-order valence-electron chi connectivity index (χ4n) is 2.02. The molecule has 0 aliphatic heterocycles. The minimum Gasteiger partial charge on any atom is -0.491 e. The number of nitrogens with one attached hydrogen (secondary N) is 1. The minimum atomic E-state index is -0.329. The Hall–Kier alpha value is -1.13. The molecule has 1 unspecified atom stereocenters. The highest BCUT2D eigenvalue weighted by Crippen LogP contribution is 2.19. The second-order valence-electron chi connectivity index (χ2n) is 5.53. The second kappa shape index (κ2) is 8.22. The van der Waals surface area contributed by atoms with E-state index >= 15 is 0 Å². The number of hydrogen-bond acceptors (Lipinski definition) is 3. The van der Waals surface area contributed by atoms with E-state index in [0.29, 0.717) is 12.4 Å². The SMILES string of the molecule is CCCNC(C)(CO)CCCOc1cc(C)ccc1F. The van der Waals surface area contributed by atoms with Crippen LogP contribution < -0.4 is 10.1 Å². The number of ether oxygens (including phenoxy) is 1. The molecule has 4 heteroatoms. The molecule has 1 rings (SSSR count). The largest absolute Gasteiger partial charge is 0.491 e. The van der Waals surface area contributed by atoms with Crippen LogP contribution >= 0.6 is 0 Å². The van der Waals surface area contributed by atoms with Crippen LogP contribution in [-0.2, 0) is 0 Å². The molecule has 0 bridgehead atoms. The van der Waals surface area contributed by atoms with Crippen molar-refractivity contribution in [2.45, 2.75) is 45.6 Å². The lowest BCUT2D eigenvalue weighted by Gasteiger charge is -2.28. The van der Waals surface area contributed by atoms with E-state index in [1.807, 2.05) is 13.8 Å². The van der Waals surface area contributed by atoms with Gasteiger partial charge in [-0.3, -0.25) is 0 Å². The third-order valence-electron chi connectivity index (χ3n) is 3.37. The topological polar surface area (TPSA) is 41.5 Å². The van der Waals surface area contributed by atoms with Crippen LogP contribution in [0.4, 0.5) is 4.39 Å². The molecule has 0 heterocycles. The third kappa shape index (κ3) is 5.47. The first-order valence-corrected chi connectivity index (χ1v) is 7.25. The predicted molar refractivity (Wildman–Crippen MR) is 79.7 cm³/mol. The van der Waals surface area contributed by atoms with Crippen molar-refractivity contribution in [3.8, 4) is 5.75 Å². The summed E-state index contributed by atoms with van der Waals surface area (Å²) < 4.78 is 19.0. The number of benzene rings is 1. The van der Waals surface area contributed by atoms with Gasteiger partial charge < -0.3 is 15.2 Å². The molecule has 0 spiro atoms. The summed E-state index contributed by atoms with van der Waals surface area (Å²) in [5, 5.41) is 12.8. The molecule has 0 amide bonds. The summed E-state index contributed by atoms with van der Waals surface area (Å²) in [5.74, 6) is -0.0261. The van der Waals surface area contributed by atoms with Gasteiger partial charge in [-0.1, -0.05) is 13.0 Å². The third-order valence-corrected chi connectivity index (χ3v) is 3.37. The van der Waals surface area contributed by atoms with Gasteiger partial charge in [-0.2, -0.15) is 0 Å². The molecule has 1 aromatic carbocycles. The Morgan fingerprint density at radius 2 is 2.15 bits per heavy atom. The standard InChI is InChI=1S/C16H26FNO2/c1-4-9-18-16(3,12-19)8-5-10-20-15-11-13(2)6-7-14(15)17/h6-7,11,18-19H,4-5,8-10,12H2,1-3H3. The molecule has 0 aromatic heterocycles. The highest BCUT2D eigenvalue weighted by molar-refractivity contribution is 5.29. The van der Waals surface area contributed by atoms with Gasteiger partial charge in [0.1, 0.15) is 0 Å². The molecule has 1 aromatic rings. The molecule has 0 aliphatic carbocycles. The van der Waals surface area contributed by atoms with E-state index in [1.165, 1.54) is 6.07 Å². The molecule has 3 nitrogen and oxygen atoms in total. The number of rotatable bonds is 9. The molecule has 1 atom stereocenters. The number of halogens is 1. The highest BCUT2D eigenvalue weighted by atomic mass is 19.1. The summed E-state index contributed by atoms with van der Waals surface area (Å²) in [7, 11) is 0. The van der Waals surface area contributed by atoms with Crippen LogP contribution in [0.1, 0.15) is 38.7 Å². The number of aryl methyl sites for hydroxylation is 1. The first-order valence-electron chi connectivity index (χ1n) is 7.25. The van der Waals surface area contributed by atoms with E-state index in [2.05, 4.69) is 12.2 Å². The summed E-state index contributed by atoms with van der Waals surface area (Å²) in [6.45, 7) is 7.41. The van der Waals surface area contributed by atoms with Crippen molar-refractivity contribution in [2.24, 2.45) is 0 Å². The monoisotopic (exact) mass is 283 g/mol. The first-order chi connectivity index (χ1) is 9.50. The van der Waals surface area contributed by atoms with Crippen LogP contribution in [0.3, 0.4) is 0 Å². The average Bonchev–Trinajstić information content (AvgIpc) is 2.45. The van der Waals surface area contributed by atoms with E-state index in [0.717, 1.165) is 31.4 Å². The molecule has 0 fully saturated rings. The lowest BCUT2D eigenvalue weighted by atomic mass is 9.97. The maximum Gasteiger partial charge on any atom is 0.165 e. The quantitative estimate of drug-likeness (QED) is 0.684. The van der Waals surface area contributed by atoms with E-state index in [-0.39, 0.29) is 18.0 Å². The Labute approximate surface area is 121 Å². The van der Waals surface area contributed by atoms with Crippen LogP contribution in [0.25, 0.3) is 0 Å². The Morgan fingerprint density at radius 1 is 1.40 bits per heavy atom. The highest BCUT2D eigenvalue weighted by Gasteiger charge is 2.21. The van der Waals surface area contributed by atoms with Crippen LogP contribution in [0.2, 0.25) is 0 Å². The smallest absolute Gasteiger partial charge is 0.165 e. The van der Waals surface area contributed by atoms with Crippen LogP contribution in [0.5, 0.6) is 5.75 Å².